The molecule has 2 aliphatic heterocycles. The number of hydrogen-bond donors (Lipinski definition) is 3. The molecule has 4 rings (SSSR count). The van der Waals surface area contributed by atoms with Crippen LogP contribution >= 0.6 is 11.6 Å². The Morgan fingerprint density at radius 1 is 1.29 bits per heavy atom. The van der Waals surface area contributed by atoms with Gasteiger partial charge in [-0.05, 0) is 61.5 Å². The monoisotopic (exact) mass is 396 g/mol. The number of aryl methyl sites for hydroxylation is 1. The molecule has 1 aromatic carbocycles. The van der Waals surface area contributed by atoms with Gasteiger partial charge in [0.15, 0.2) is 0 Å². The summed E-state index contributed by atoms with van der Waals surface area (Å²) in [5.74, 6) is 0.531. The minimum Gasteiger partial charge on any atom is -0.383 e. The third-order valence-corrected chi connectivity index (χ3v) is 6.08. The Balaban J connectivity index is 1.53. The van der Waals surface area contributed by atoms with E-state index < -0.39 is 0 Å². The lowest BCUT2D eigenvalue weighted by atomic mass is 9.85. The van der Waals surface area contributed by atoms with Gasteiger partial charge in [0.2, 0.25) is 0 Å². The Labute approximate surface area is 170 Å². The lowest BCUT2D eigenvalue weighted by molar-refractivity contribution is -0.117. The lowest BCUT2D eigenvalue weighted by Crippen LogP contribution is -2.38. The number of rotatable bonds is 4. The van der Waals surface area contributed by atoms with E-state index in [0.717, 1.165) is 48.2 Å². The molecule has 1 unspecified atom stereocenters. The predicted octanol–water partition coefficient (Wildman–Crippen LogP) is 2.96. The lowest BCUT2D eigenvalue weighted by Gasteiger charge is -2.25. The number of aliphatic imine (C=N–C) groups is 1. The number of halogens is 1. The highest BCUT2D eigenvalue weighted by Crippen LogP contribution is 2.42. The van der Waals surface area contributed by atoms with Crippen LogP contribution in [0.1, 0.15) is 24.0 Å². The van der Waals surface area contributed by atoms with Gasteiger partial charge in [0.25, 0.3) is 5.91 Å². The van der Waals surface area contributed by atoms with Gasteiger partial charge in [-0.15, -0.1) is 0 Å². The van der Waals surface area contributed by atoms with Crippen molar-refractivity contribution in [2.75, 3.05) is 19.6 Å². The van der Waals surface area contributed by atoms with Crippen LogP contribution in [0.3, 0.4) is 0 Å². The quantitative estimate of drug-likeness (QED) is 0.732. The Kier molecular flexibility index (Phi) is 5.38. The van der Waals surface area contributed by atoms with Crippen molar-refractivity contribution < 1.29 is 4.79 Å². The summed E-state index contributed by atoms with van der Waals surface area (Å²) in [7, 11) is 0. The fourth-order valence-corrected chi connectivity index (χ4v) is 4.55. The highest BCUT2D eigenvalue weighted by molar-refractivity contribution is 6.32. The van der Waals surface area contributed by atoms with E-state index in [-0.39, 0.29) is 17.6 Å². The van der Waals surface area contributed by atoms with Crippen LogP contribution in [-0.2, 0) is 4.79 Å². The van der Waals surface area contributed by atoms with Gasteiger partial charge in [-0.1, -0.05) is 35.9 Å². The minimum atomic E-state index is -0.144. The molecule has 1 atom stereocenters. The van der Waals surface area contributed by atoms with E-state index in [0.29, 0.717) is 23.1 Å². The summed E-state index contributed by atoms with van der Waals surface area (Å²) < 4.78 is 0. The smallest absolute Gasteiger partial charge is 0.255 e. The summed E-state index contributed by atoms with van der Waals surface area (Å²) in [5.41, 5.74) is 10.6. The zero-order chi connectivity index (χ0) is 19.7. The van der Waals surface area contributed by atoms with Gasteiger partial charge in [-0.25, -0.2) is 4.99 Å². The second kappa shape index (κ2) is 7.94. The number of piperidine rings is 1. The molecule has 1 amide bonds. The average molecular weight is 397 g/mol. The normalized spacial score (nSPS) is 22.0. The molecular formula is C22H25ClN4O. The van der Waals surface area contributed by atoms with Crippen LogP contribution in [-0.4, -0.2) is 31.8 Å². The molecule has 1 aromatic rings. The maximum absolute atomic E-state index is 12.9. The van der Waals surface area contributed by atoms with Crippen molar-refractivity contribution in [3.8, 4) is 0 Å². The maximum atomic E-state index is 12.9. The largest absolute Gasteiger partial charge is 0.383 e. The molecule has 6 heteroatoms. The number of allylic oxidation sites excluding steroid dienone is 3. The van der Waals surface area contributed by atoms with E-state index >= 15 is 0 Å². The molecule has 4 N–H and O–H groups in total. The van der Waals surface area contributed by atoms with E-state index in [1.54, 1.807) is 0 Å². The number of benzene rings is 1. The molecule has 1 saturated heterocycles. The number of carbonyl (C=O) groups is 1. The number of amides is 1. The first-order valence-electron chi connectivity index (χ1n) is 9.76. The third kappa shape index (κ3) is 3.52. The number of nitrogens with two attached hydrogens (primary N) is 1. The number of carbonyl (C=O) groups excluding carboxylic acids is 1. The fourth-order valence-electron chi connectivity index (χ4n) is 4.22. The van der Waals surface area contributed by atoms with Crippen molar-refractivity contribution in [2.24, 2.45) is 22.6 Å². The first kappa shape index (κ1) is 19.0. The minimum absolute atomic E-state index is 0.106. The van der Waals surface area contributed by atoms with Crippen molar-refractivity contribution in [3.63, 3.8) is 0 Å². The van der Waals surface area contributed by atoms with Gasteiger partial charge >= 0.3 is 0 Å². The van der Waals surface area contributed by atoms with Gasteiger partial charge in [-0.2, -0.15) is 0 Å². The van der Waals surface area contributed by atoms with E-state index in [1.807, 2.05) is 43.5 Å². The van der Waals surface area contributed by atoms with E-state index in [9.17, 15) is 4.79 Å². The Morgan fingerprint density at radius 3 is 2.79 bits per heavy atom. The topological polar surface area (TPSA) is 79.5 Å². The summed E-state index contributed by atoms with van der Waals surface area (Å²) in [6.45, 7) is 4.72. The molecule has 1 fully saturated rings. The second-order valence-corrected chi connectivity index (χ2v) is 8.00. The SMILES string of the molecule is Cc1cccc(Cl)c1C1=CC=C2C(C(=O)NCC3CCNCC3)=C(N)N=CC21. The van der Waals surface area contributed by atoms with Crippen LogP contribution in [0, 0.1) is 18.8 Å². The van der Waals surface area contributed by atoms with Crippen molar-refractivity contribution >= 4 is 29.3 Å². The molecule has 0 radical (unpaired) electrons. The van der Waals surface area contributed by atoms with E-state index in [1.165, 1.54) is 0 Å². The van der Waals surface area contributed by atoms with Crippen LogP contribution in [0.2, 0.25) is 5.02 Å². The summed E-state index contributed by atoms with van der Waals surface area (Å²) in [6.07, 6.45) is 7.97. The molecular weight excluding hydrogens is 372 g/mol. The highest BCUT2D eigenvalue weighted by Gasteiger charge is 2.34. The number of hydrogen-bond acceptors (Lipinski definition) is 4. The molecule has 0 bridgehead atoms. The zero-order valence-corrected chi connectivity index (χ0v) is 16.7. The summed E-state index contributed by atoms with van der Waals surface area (Å²) in [5, 5.41) is 7.12. The molecule has 28 heavy (non-hydrogen) atoms. The molecule has 0 aromatic heterocycles. The van der Waals surface area contributed by atoms with Crippen LogP contribution in [0.4, 0.5) is 0 Å². The Hall–Kier alpha value is -2.37. The van der Waals surface area contributed by atoms with Crippen molar-refractivity contribution in [3.05, 3.63) is 63.5 Å². The van der Waals surface area contributed by atoms with Crippen LogP contribution in [0.25, 0.3) is 5.57 Å². The van der Waals surface area contributed by atoms with Crippen LogP contribution < -0.4 is 16.4 Å². The van der Waals surface area contributed by atoms with Crippen molar-refractivity contribution in [1.82, 2.24) is 10.6 Å². The number of fused-ring (bicyclic) bond motifs is 1. The van der Waals surface area contributed by atoms with E-state index in [4.69, 9.17) is 17.3 Å². The molecule has 1 aliphatic carbocycles. The number of nitrogens with zero attached hydrogens (tertiary/aromatic N) is 1. The maximum Gasteiger partial charge on any atom is 0.255 e. The van der Waals surface area contributed by atoms with Gasteiger partial charge < -0.3 is 16.4 Å². The first-order chi connectivity index (χ1) is 13.6. The summed E-state index contributed by atoms with van der Waals surface area (Å²) in [4.78, 5) is 17.3. The Bertz CT molecular complexity index is 902. The summed E-state index contributed by atoms with van der Waals surface area (Å²) in [6, 6.07) is 5.87. The van der Waals surface area contributed by atoms with Crippen molar-refractivity contribution in [1.29, 1.82) is 0 Å². The zero-order valence-electron chi connectivity index (χ0n) is 16.0. The van der Waals surface area contributed by atoms with E-state index in [2.05, 4.69) is 15.6 Å². The van der Waals surface area contributed by atoms with Gasteiger partial charge in [0.05, 0.1) is 5.57 Å². The molecule has 0 saturated carbocycles. The van der Waals surface area contributed by atoms with Gasteiger partial charge in [-0.3, -0.25) is 4.79 Å². The molecule has 3 aliphatic rings. The summed E-state index contributed by atoms with van der Waals surface area (Å²) >= 11 is 6.47. The van der Waals surface area contributed by atoms with Crippen LogP contribution in [0.15, 0.2) is 52.3 Å². The van der Waals surface area contributed by atoms with Crippen LogP contribution in [0.5, 0.6) is 0 Å². The predicted molar refractivity (Wildman–Crippen MR) is 114 cm³/mol. The van der Waals surface area contributed by atoms with Gasteiger partial charge in [0, 0.05) is 29.3 Å². The molecule has 2 heterocycles. The second-order valence-electron chi connectivity index (χ2n) is 7.60. The highest BCUT2D eigenvalue weighted by atomic mass is 35.5. The first-order valence-corrected chi connectivity index (χ1v) is 10.1. The third-order valence-electron chi connectivity index (χ3n) is 5.77. The standard InChI is InChI=1S/C22H25ClN4O/c1-13-3-2-4-18(23)19(13)15-5-6-16-17(15)12-26-21(24)20(16)22(28)27-11-14-7-9-25-10-8-14/h2-6,12,14,17,25H,7-11,24H2,1H3,(H,27,28). The molecule has 0 spiro atoms. The Morgan fingerprint density at radius 2 is 2.04 bits per heavy atom. The molecule has 146 valence electrons. The fraction of sp³-hybridized carbons (Fsp3) is 0.364. The van der Waals surface area contributed by atoms with Crippen molar-refractivity contribution in [2.45, 2.75) is 19.8 Å². The van der Waals surface area contributed by atoms with Gasteiger partial charge in [0.1, 0.15) is 5.82 Å². The molecule has 5 nitrogen and oxygen atoms in total. The number of nitrogens with one attached hydrogen (secondary N) is 2. The average Bonchev–Trinajstić information content (AvgIpc) is 3.10.